The zero-order chi connectivity index (χ0) is 12.8. The molecule has 3 aliphatic carbocycles. The highest BCUT2D eigenvalue weighted by atomic mass is 32.2. The van der Waals surface area contributed by atoms with E-state index in [0.717, 1.165) is 5.16 Å². The van der Waals surface area contributed by atoms with Crippen molar-refractivity contribution < 1.29 is 0 Å². The van der Waals surface area contributed by atoms with Crippen LogP contribution in [0.3, 0.4) is 0 Å². The first kappa shape index (κ1) is 12.2. The zero-order valence-electron chi connectivity index (χ0n) is 11.3. The molecule has 0 saturated heterocycles. The molecule has 3 aliphatic rings. The third kappa shape index (κ3) is 2.42. The van der Waals surface area contributed by atoms with E-state index < -0.39 is 0 Å². The maximum absolute atomic E-state index is 6.27. The molecule has 4 nitrogen and oxygen atoms in total. The second-order valence-corrected chi connectivity index (χ2v) is 7.53. The molecule has 2 atom stereocenters. The van der Waals surface area contributed by atoms with Crippen LogP contribution in [-0.4, -0.2) is 26.1 Å². The Morgan fingerprint density at radius 3 is 2.47 bits per heavy atom. The van der Waals surface area contributed by atoms with Crippen LogP contribution in [0.2, 0.25) is 0 Å². The lowest BCUT2D eigenvalue weighted by Gasteiger charge is -2.27. The van der Waals surface area contributed by atoms with Crippen molar-refractivity contribution in [3.8, 4) is 0 Å². The van der Waals surface area contributed by atoms with Crippen LogP contribution >= 0.6 is 11.8 Å². The predicted molar refractivity (Wildman–Crippen MR) is 76.4 cm³/mol. The minimum Gasteiger partial charge on any atom is -0.327 e. The molecule has 0 radical (unpaired) electrons. The summed E-state index contributed by atoms with van der Waals surface area (Å²) in [5.41, 5.74) is 6.27. The van der Waals surface area contributed by atoms with Crippen molar-refractivity contribution in [2.75, 3.05) is 0 Å². The van der Waals surface area contributed by atoms with E-state index in [1.165, 1.54) is 57.2 Å². The quantitative estimate of drug-likeness (QED) is 0.920. The van der Waals surface area contributed by atoms with Gasteiger partial charge in [0, 0.05) is 23.3 Å². The summed E-state index contributed by atoms with van der Waals surface area (Å²) in [5, 5.41) is 10.7. The molecule has 0 aromatic carbocycles. The van der Waals surface area contributed by atoms with Gasteiger partial charge in [-0.3, -0.25) is 0 Å². The predicted octanol–water partition coefficient (Wildman–Crippen LogP) is 2.85. The standard InChI is InChI=1S/C14H22N4S/c15-11-3-1-2-4-12(11)19-14-17-16-13(9-5-6-9)18(14)10-7-8-10/h9-12H,1-8,15H2. The molecule has 1 aromatic rings. The second-order valence-electron chi connectivity index (χ2n) is 6.32. The van der Waals surface area contributed by atoms with Crippen molar-refractivity contribution in [2.24, 2.45) is 5.73 Å². The Morgan fingerprint density at radius 1 is 1.00 bits per heavy atom. The van der Waals surface area contributed by atoms with Crippen LogP contribution in [-0.2, 0) is 0 Å². The fraction of sp³-hybridized carbons (Fsp3) is 0.857. The van der Waals surface area contributed by atoms with Gasteiger partial charge in [-0.1, -0.05) is 24.6 Å². The van der Waals surface area contributed by atoms with Crippen LogP contribution in [0, 0.1) is 0 Å². The summed E-state index contributed by atoms with van der Waals surface area (Å²) in [6, 6.07) is 1.03. The van der Waals surface area contributed by atoms with Crippen LogP contribution in [0.25, 0.3) is 0 Å². The van der Waals surface area contributed by atoms with Gasteiger partial charge in [0.1, 0.15) is 5.82 Å². The number of nitrogens with two attached hydrogens (primary N) is 1. The maximum Gasteiger partial charge on any atom is 0.191 e. The number of hydrogen-bond acceptors (Lipinski definition) is 4. The SMILES string of the molecule is NC1CCCCC1Sc1nnc(C2CC2)n1C1CC1. The van der Waals surface area contributed by atoms with Crippen LogP contribution in [0.1, 0.15) is 69.2 Å². The molecular weight excluding hydrogens is 256 g/mol. The molecular formula is C14H22N4S. The first-order chi connectivity index (χ1) is 9.33. The lowest BCUT2D eigenvalue weighted by atomic mass is 9.96. The van der Waals surface area contributed by atoms with Crippen molar-refractivity contribution in [2.45, 2.75) is 79.8 Å². The molecule has 1 heterocycles. The van der Waals surface area contributed by atoms with Gasteiger partial charge in [-0.15, -0.1) is 10.2 Å². The Morgan fingerprint density at radius 2 is 1.79 bits per heavy atom. The summed E-state index contributed by atoms with van der Waals surface area (Å²) < 4.78 is 2.45. The number of hydrogen-bond donors (Lipinski definition) is 1. The second kappa shape index (κ2) is 4.77. The van der Waals surface area contributed by atoms with Gasteiger partial charge in [-0.2, -0.15) is 0 Å². The first-order valence-electron chi connectivity index (χ1n) is 7.70. The van der Waals surface area contributed by atoms with Crippen molar-refractivity contribution in [3.63, 3.8) is 0 Å². The minimum absolute atomic E-state index is 0.340. The van der Waals surface area contributed by atoms with Crippen LogP contribution < -0.4 is 5.73 Å². The van der Waals surface area contributed by atoms with Gasteiger partial charge in [0.25, 0.3) is 0 Å². The third-order valence-corrected chi connectivity index (χ3v) is 5.93. The lowest BCUT2D eigenvalue weighted by Crippen LogP contribution is -2.35. The van der Waals surface area contributed by atoms with E-state index in [9.17, 15) is 0 Å². The highest BCUT2D eigenvalue weighted by Crippen LogP contribution is 2.47. The van der Waals surface area contributed by atoms with E-state index in [4.69, 9.17) is 5.73 Å². The van der Waals surface area contributed by atoms with Crippen LogP contribution in [0.5, 0.6) is 0 Å². The molecule has 0 spiro atoms. The molecule has 4 rings (SSSR count). The number of aromatic nitrogens is 3. The Bertz CT molecular complexity index is 464. The Hall–Kier alpha value is -0.550. The van der Waals surface area contributed by atoms with Gasteiger partial charge >= 0.3 is 0 Å². The summed E-state index contributed by atoms with van der Waals surface area (Å²) in [6.45, 7) is 0. The summed E-state index contributed by atoms with van der Waals surface area (Å²) in [4.78, 5) is 0. The van der Waals surface area contributed by atoms with Crippen molar-refractivity contribution >= 4 is 11.8 Å². The average molecular weight is 278 g/mol. The molecule has 0 bridgehead atoms. The molecule has 0 amide bonds. The maximum atomic E-state index is 6.27. The van der Waals surface area contributed by atoms with Gasteiger partial charge in [-0.25, -0.2) is 0 Å². The lowest BCUT2D eigenvalue weighted by molar-refractivity contribution is 0.452. The molecule has 3 fully saturated rings. The molecule has 3 saturated carbocycles. The smallest absolute Gasteiger partial charge is 0.191 e. The molecule has 5 heteroatoms. The zero-order valence-corrected chi connectivity index (χ0v) is 12.1. The van der Waals surface area contributed by atoms with Gasteiger partial charge in [-0.05, 0) is 38.5 Å². The van der Waals surface area contributed by atoms with Crippen LogP contribution in [0.15, 0.2) is 5.16 Å². The topological polar surface area (TPSA) is 56.7 Å². The van der Waals surface area contributed by atoms with Gasteiger partial charge < -0.3 is 10.3 Å². The number of nitrogens with zero attached hydrogens (tertiary/aromatic N) is 3. The Labute approximate surface area is 118 Å². The van der Waals surface area contributed by atoms with Crippen molar-refractivity contribution in [3.05, 3.63) is 5.82 Å². The van der Waals surface area contributed by atoms with E-state index >= 15 is 0 Å². The normalized spacial score (nSPS) is 31.6. The summed E-state index contributed by atoms with van der Waals surface area (Å²) in [5.74, 6) is 1.96. The minimum atomic E-state index is 0.340. The van der Waals surface area contributed by atoms with Gasteiger partial charge in [0.15, 0.2) is 5.16 Å². The number of thioether (sulfide) groups is 1. The van der Waals surface area contributed by atoms with Gasteiger partial charge in [0.2, 0.25) is 0 Å². The molecule has 1 aromatic heterocycles. The monoisotopic (exact) mass is 278 g/mol. The third-order valence-electron chi connectivity index (χ3n) is 4.56. The fourth-order valence-corrected chi connectivity index (χ4v) is 4.38. The van der Waals surface area contributed by atoms with E-state index in [0.29, 0.717) is 23.3 Å². The number of rotatable bonds is 4. The van der Waals surface area contributed by atoms with Crippen molar-refractivity contribution in [1.29, 1.82) is 0 Å². The summed E-state index contributed by atoms with van der Waals surface area (Å²) >= 11 is 1.90. The van der Waals surface area contributed by atoms with E-state index in [2.05, 4.69) is 14.8 Å². The molecule has 2 unspecified atom stereocenters. The summed E-state index contributed by atoms with van der Waals surface area (Å²) in [6.07, 6.45) is 10.2. The fourth-order valence-electron chi connectivity index (χ4n) is 3.07. The molecule has 0 aliphatic heterocycles. The molecule has 104 valence electrons. The Kier molecular flexibility index (Phi) is 3.07. The largest absolute Gasteiger partial charge is 0.327 e. The highest BCUT2D eigenvalue weighted by Gasteiger charge is 2.37. The molecule has 2 N–H and O–H groups in total. The first-order valence-corrected chi connectivity index (χ1v) is 8.58. The molecule has 19 heavy (non-hydrogen) atoms. The van der Waals surface area contributed by atoms with E-state index in [1.54, 1.807) is 0 Å². The van der Waals surface area contributed by atoms with Gasteiger partial charge in [0.05, 0.1) is 0 Å². The summed E-state index contributed by atoms with van der Waals surface area (Å²) in [7, 11) is 0. The van der Waals surface area contributed by atoms with E-state index in [1.807, 2.05) is 11.8 Å². The highest BCUT2D eigenvalue weighted by molar-refractivity contribution is 7.99. The van der Waals surface area contributed by atoms with Crippen LogP contribution in [0.4, 0.5) is 0 Å². The average Bonchev–Trinajstić information content (AvgIpc) is 3.32. The van der Waals surface area contributed by atoms with Crippen molar-refractivity contribution in [1.82, 2.24) is 14.8 Å². The van der Waals surface area contributed by atoms with E-state index in [-0.39, 0.29) is 0 Å². The Balaban J connectivity index is 1.56.